The van der Waals surface area contributed by atoms with E-state index in [1.54, 1.807) is 36.2 Å². The smallest absolute Gasteiger partial charge is 0.271 e. The summed E-state index contributed by atoms with van der Waals surface area (Å²) in [7, 11) is 0. The predicted molar refractivity (Wildman–Crippen MR) is 110 cm³/mol. The summed E-state index contributed by atoms with van der Waals surface area (Å²) < 4.78 is 13.7. The van der Waals surface area contributed by atoms with E-state index in [9.17, 15) is 14.0 Å². The number of aromatic amines is 1. The molecule has 4 rings (SSSR count). The first-order valence-corrected chi connectivity index (χ1v) is 9.84. The molecule has 0 spiro atoms. The third-order valence-corrected chi connectivity index (χ3v) is 5.33. The van der Waals surface area contributed by atoms with Crippen molar-refractivity contribution in [3.63, 3.8) is 0 Å². The van der Waals surface area contributed by atoms with Crippen molar-refractivity contribution in [2.45, 2.75) is 19.8 Å². The molecule has 2 amide bonds. The summed E-state index contributed by atoms with van der Waals surface area (Å²) in [6.07, 6.45) is 2.77. The van der Waals surface area contributed by atoms with Gasteiger partial charge in [-0.15, -0.1) is 0 Å². The number of halogens is 1. The Labute approximate surface area is 173 Å². The Morgan fingerprint density at radius 3 is 2.63 bits per heavy atom. The molecule has 1 aliphatic rings. The standard InChI is InChI=1S/C22H22FN5O2/c1-14-5-6-16(12-17(14)23)25-21(29)15-7-10-28(11-8-15)22(30)20-13-19(26-27-20)18-4-2-3-9-24-18/h2-6,9,12-13,15H,7-8,10-11H2,1H3,(H,25,29)(H,26,27). The van der Waals surface area contributed by atoms with Gasteiger partial charge >= 0.3 is 0 Å². The van der Waals surface area contributed by atoms with Crippen molar-refractivity contribution in [3.8, 4) is 11.4 Å². The molecular weight excluding hydrogens is 385 g/mol. The van der Waals surface area contributed by atoms with Crippen LogP contribution in [0.5, 0.6) is 0 Å². The van der Waals surface area contributed by atoms with Crippen LogP contribution in [-0.4, -0.2) is 45.0 Å². The summed E-state index contributed by atoms with van der Waals surface area (Å²) >= 11 is 0. The highest BCUT2D eigenvalue weighted by Gasteiger charge is 2.28. The lowest BCUT2D eigenvalue weighted by Gasteiger charge is -2.31. The SMILES string of the molecule is Cc1ccc(NC(=O)C2CCN(C(=O)c3cc(-c4ccccn4)n[nH]3)CC2)cc1F. The van der Waals surface area contributed by atoms with Crippen LogP contribution in [0.25, 0.3) is 11.4 Å². The first-order chi connectivity index (χ1) is 14.5. The summed E-state index contributed by atoms with van der Waals surface area (Å²) in [6, 6.07) is 11.8. The minimum Gasteiger partial charge on any atom is -0.337 e. The number of carbonyl (C=O) groups is 2. The highest BCUT2D eigenvalue weighted by atomic mass is 19.1. The van der Waals surface area contributed by atoms with Gasteiger partial charge in [-0.25, -0.2) is 4.39 Å². The van der Waals surface area contributed by atoms with Crippen molar-refractivity contribution >= 4 is 17.5 Å². The number of aryl methyl sites for hydroxylation is 1. The predicted octanol–water partition coefficient (Wildman–Crippen LogP) is 3.41. The molecule has 3 aromatic rings. The van der Waals surface area contributed by atoms with Crippen LogP contribution in [-0.2, 0) is 4.79 Å². The first-order valence-electron chi connectivity index (χ1n) is 9.84. The molecule has 0 radical (unpaired) electrons. The number of H-pyrrole nitrogens is 1. The van der Waals surface area contributed by atoms with Crippen molar-refractivity contribution < 1.29 is 14.0 Å². The van der Waals surface area contributed by atoms with Crippen molar-refractivity contribution in [1.29, 1.82) is 0 Å². The summed E-state index contributed by atoms with van der Waals surface area (Å²) in [5.41, 5.74) is 2.67. The zero-order valence-electron chi connectivity index (χ0n) is 16.6. The third-order valence-electron chi connectivity index (χ3n) is 5.33. The van der Waals surface area contributed by atoms with Gasteiger partial charge in [-0.3, -0.25) is 19.7 Å². The lowest BCUT2D eigenvalue weighted by Crippen LogP contribution is -2.41. The molecule has 0 saturated carbocycles. The number of piperidine rings is 1. The molecule has 1 aliphatic heterocycles. The molecule has 2 N–H and O–H groups in total. The number of nitrogens with zero attached hydrogens (tertiary/aromatic N) is 3. The van der Waals surface area contributed by atoms with Gasteiger partial charge in [-0.1, -0.05) is 12.1 Å². The number of anilines is 1. The van der Waals surface area contributed by atoms with E-state index in [2.05, 4.69) is 20.5 Å². The van der Waals surface area contributed by atoms with Crippen LogP contribution in [0, 0.1) is 18.7 Å². The minimum atomic E-state index is -0.349. The van der Waals surface area contributed by atoms with Gasteiger partial charge in [0.2, 0.25) is 5.91 Å². The number of likely N-dealkylation sites (tertiary alicyclic amines) is 1. The van der Waals surface area contributed by atoms with Gasteiger partial charge in [0.05, 0.1) is 5.69 Å². The van der Waals surface area contributed by atoms with Crippen LogP contribution >= 0.6 is 0 Å². The molecular formula is C22H22FN5O2. The van der Waals surface area contributed by atoms with Gasteiger partial charge in [-0.05, 0) is 55.7 Å². The molecule has 30 heavy (non-hydrogen) atoms. The minimum absolute atomic E-state index is 0.149. The number of hydrogen-bond donors (Lipinski definition) is 2. The van der Waals surface area contributed by atoms with E-state index < -0.39 is 0 Å². The van der Waals surface area contributed by atoms with Crippen LogP contribution in [0.4, 0.5) is 10.1 Å². The van der Waals surface area contributed by atoms with E-state index in [1.165, 1.54) is 6.07 Å². The fourth-order valence-electron chi connectivity index (χ4n) is 3.51. The van der Waals surface area contributed by atoms with Crippen LogP contribution in [0.2, 0.25) is 0 Å². The van der Waals surface area contributed by atoms with Gasteiger partial charge < -0.3 is 10.2 Å². The maximum atomic E-state index is 13.7. The Morgan fingerprint density at radius 1 is 1.13 bits per heavy atom. The number of carbonyl (C=O) groups excluding carboxylic acids is 2. The Bertz CT molecular complexity index is 1060. The van der Waals surface area contributed by atoms with Gasteiger partial charge in [0.15, 0.2) is 0 Å². The Morgan fingerprint density at radius 2 is 1.93 bits per heavy atom. The van der Waals surface area contributed by atoms with Crippen LogP contribution in [0.3, 0.4) is 0 Å². The van der Waals surface area contributed by atoms with Crippen LogP contribution in [0.1, 0.15) is 28.9 Å². The number of benzene rings is 1. The van der Waals surface area contributed by atoms with Crippen molar-refractivity contribution in [2.24, 2.45) is 5.92 Å². The fraction of sp³-hybridized carbons (Fsp3) is 0.273. The molecule has 0 atom stereocenters. The maximum Gasteiger partial charge on any atom is 0.271 e. The average molecular weight is 407 g/mol. The molecule has 154 valence electrons. The highest BCUT2D eigenvalue weighted by Crippen LogP contribution is 2.22. The molecule has 1 fully saturated rings. The third kappa shape index (κ3) is 4.22. The monoisotopic (exact) mass is 407 g/mol. The molecule has 0 unspecified atom stereocenters. The normalized spacial score (nSPS) is 14.5. The summed E-state index contributed by atoms with van der Waals surface area (Å²) in [6.45, 7) is 2.61. The lowest BCUT2D eigenvalue weighted by molar-refractivity contribution is -0.121. The number of rotatable bonds is 4. The summed E-state index contributed by atoms with van der Waals surface area (Å²) in [5, 5.41) is 9.73. The van der Waals surface area contributed by atoms with Crippen molar-refractivity contribution in [1.82, 2.24) is 20.1 Å². The molecule has 2 aromatic heterocycles. The van der Waals surface area contributed by atoms with E-state index in [0.717, 1.165) is 0 Å². The number of amides is 2. The van der Waals surface area contributed by atoms with Crippen molar-refractivity contribution in [3.05, 3.63) is 65.7 Å². The van der Waals surface area contributed by atoms with E-state index in [0.29, 0.717) is 54.3 Å². The second-order valence-electron chi connectivity index (χ2n) is 7.40. The number of nitrogens with one attached hydrogen (secondary N) is 2. The van der Waals surface area contributed by atoms with Crippen LogP contribution < -0.4 is 5.32 Å². The first kappa shape index (κ1) is 19.8. The quantitative estimate of drug-likeness (QED) is 0.693. The molecule has 0 bridgehead atoms. The molecule has 1 aromatic carbocycles. The second kappa shape index (κ2) is 8.44. The van der Waals surface area contributed by atoms with E-state index in [1.807, 2.05) is 18.2 Å². The van der Waals surface area contributed by atoms with Gasteiger partial charge in [0.1, 0.15) is 17.2 Å². The van der Waals surface area contributed by atoms with Crippen molar-refractivity contribution in [2.75, 3.05) is 18.4 Å². The average Bonchev–Trinajstić information content (AvgIpc) is 3.27. The molecule has 1 saturated heterocycles. The van der Waals surface area contributed by atoms with Gasteiger partial charge in [-0.2, -0.15) is 5.10 Å². The van der Waals surface area contributed by atoms with Gasteiger partial charge in [0, 0.05) is 30.9 Å². The number of hydrogen-bond acceptors (Lipinski definition) is 4. The largest absolute Gasteiger partial charge is 0.337 e. The summed E-state index contributed by atoms with van der Waals surface area (Å²) in [5.74, 6) is -0.865. The highest BCUT2D eigenvalue weighted by molar-refractivity contribution is 5.94. The van der Waals surface area contributed by atoms with Crippen LogP contribution in [0.15, 0.2) is 48.7 Å². The lowest BCUT2D eigenvalue weighted by atomic mass is 9.95. The summed E-state index contributed by atoms with van der Waals surface area (Å²) in [4.78, 5) is 31.2. The van der Waals surface area contributed by atoms with E-state index in [4.69, 9.17) is 0 Å². The zero-order valence-corrected chi connectivity index (χ0v) is 16.6. The molecule has 8 heteroatoms. The molecule has 3 heterocycles. The Hall–Kier alpha value is -3.55. The fourth-order valence-corrected chi connectivity index (χ4v) is 3.51. The molecule has 0 aliphatic carbocycles. The van der Waals surface area contributed by atoms with E-state index >= 15 is 0 Å². The van der Waals surface area contributed by atoms with E-state index in [-0.39, 0.29) is 23.5 Å². The zero-order chi connectivity index (χ0) is 21.1. The maximum absolute atomic E-state index is 13.7. The topological polar surface area (TPSA) is 91.0 Å². The van der Waals surface area contributed by atoms with Gasteiger partial charge in [0.25, 0.3) is 5.91 Å². The Kier molecular flexibility index (Phi) is 5.56. The number of aromatic nitrogens is 3. The molecule has 7 nitrogen and oxygen atoms in total. The second-order valence-corrected chi connectivity index (χ2v) is 7.40. The Balaban J connectivity index is 1.34. The number of pyridine rings is 1.